The summed E-state index contributed by atoms with van der Waals surface area (Å²) in [6, 6.07) is -0.552. The lowest BCUT2D eigenvalue weighted by molar-refractivity contribution is -0.143. The van der Waals surface area contributed by atoms with Crippen molar-refractivity contribution >= 4 is 11.9 Å². The smallest absolute Gasteiger partial charge is 0.305 e. The van der Waals surface area contributed by atoms with Crippen molar-refractivity contribution in [3.05, 3.63) is 12.2 Å². The van der Waals surface area contributed by atoms with Crippen molar-refractivity contribution in [1.29, 1.82) is 0 Å². The largest absolute Gasteiger partial charge is 0.466 e. The Morgan fingerprint density at radius 2 is 0.758 bits per heavy atom. The number of carbonyl (C=O) groups excluding carboxylic acids is 2. The van der Waals surface area contributed by atoms with E-state index in [1.54, 1.807) is 0 Å². The molecule has 0 saturated carbocycles. The van der Waals surface area contributed by atoms with Gasteiger partial charge in [0.2, 0.25) is 5.91 Å². The summed E-state index contributed by atoms with van der Waals surface area (Å²) in [4.78, 5) is 24.5. The number of carbonyl (C=O) groups is 2. The number of amides is 1. The second kappa shape index (κ2) is 52.2. The van der Waals surface area contributed by atoms with Crippen LogP contribution in [-0.2, 0) is 14.3 Å². The van der Waals surface area contributed by atoms with Gasteiger partial charge >= 0.3 is 5.97 Å². The summed E-state index contributed by atoms with van der Waals surface area (Å²) in [6.45, 7) is 4.93. The first kappa shape index (κ1) is 60.6. The van der Waals surface area contributed by atoms with E-state index < -0.39 is 12.1 Å². The summed E-state index contributed by atoms with van der Waals surface area (Å²) in [7, 11) is 0. The van der Waals surface area contributed by atoms with Crippen LogP contribution in [0.15, 0.2) is 12.2 Å². The van der Waals surface area contributed by atoms with E-state index in [9.17, 15) is 19.8 Å². The van der Waals surface area contributed by atoms with E-state index >= 15 is 0 Å². The number of esters is 1. The molecule has 0 spiro atoms. The highest BCUT2D eigenvalue weighted by atomic mass is 16.5. The molecule has 0 saturated heterocycles. The Bertz CT molecular complexity index is 924. The SMILES string of the molecule is CCCCCCCCCCCCCCCCCCCCCC(O)C(CO)NC(=O)CCCCCCCCC/C=C\CCCCCCOC(=O)CCCCCCCCCCCCC. The third-order valence-electron chi connectivity index (χ3n) is 13.1. The molecular formula is C56H109NO5. The Labute approximate surface area is 387 Å². The van der Waals surface area contributed by atoms with E-state index in [0.717, 1.165) is 70.6 Å². The summed E-state index contributed by atoms with van der Waals surface area (Å²) in [6.07, 6.45) is 60.5. The van der Waals surface area contributed by atoms with Crippen LogP contribution in [0.2, 0.25) is 0 Å². The van der Waals surface area contributed by atoms with Gasteiger partial charge < -0.3 is 20.3 Å². The van der Waals surface area contributed by atoms with Crippen LogP contribution in [0.1, 0.15) is 309 Å². The van der Waals surface area contributed by atoms with E-state index in [2.05, 4.69) is 31.3 Å². The summed E-state index contributed by atoms with van der Waals surface area (Å²) < 4.78 is 5.44. The first-order valence-electron chi connectivity index (χ1n) is 27.9. The molecule has 0 bridgehead atoms. The van der Waals surface area contributed by atoms with E-state index in [4.69, 9.17) is 4.74 Å². The van der Waals surface area contributed by atoms with Crippen LogP contribution in [0.5, 0.6) is 0 Å². The van der Waals surface area contributed by atoms with Crippen molar-refractivity contribution in [2.24, 2.45) is 0 Å². The second-order valence-electron chi connectivity index (χ2n) is 19.3. The number of hydrogen-bond donors (Lipinski definition) is 3. The van der Waals surface area contributed by atoms with Crippen LogP contribution in [0.4, 0.5) is 0 Å². The number of nitrogens with one attached hydrogen (secondary N) is 1. The third-order valence-corrected chi connectivity index (χ3v) is 13.1. The molecule has 0 aromatic carbocycles. The standard InChI is InChI=1S/C56H109NO5/c1-3-5-7-9-11-13-15-16-17-18-19-20-22-25-29-32-36-40-44-48-54(59)53(52-58)57-55(60)49-45-41-37-33-30-26-23-21-24-27-31-35-39-43-47-51-62-56(61)50-46-42-38-34-28-14-12-10-8-6-4-2/h24,27,53-54,58-59H,3-23,25-26,28-52H2,1-2H3,(H,57,60)/b27-24-. The predicted molar refractivity (Wildman–Crippen MR) is 269 cm³/mol. The zero-order valence-electron chi connectivity index (χ0n) is 41.9. The van der Waals surface area contributed by atoms with E-state index in [-0.39, 0.29) is 18.5 Å². The highest BCUT2D eigenvalue weighted by Gasteiger charge is 2.20. The van der Waals surface area contributed by atoms with Gasteiger partial charge in [0.25, 0.3) is 0 Å². The van der Waals surface area contributed by atoms with E-state index in [1.165, 1.54) is 205 Å². The van der Waals surface area contributed by atoms with Gasteiger partial charge in [0.1, 0.15) is 0 Å². The quantitative estimate of drug-likeness (QED) is 0.0321. The van der Waals surface area contributed by atoms with Gasteiger partial charge in [-0.1, -0.05) is 257 Å². The number of unbranched alkanes of at least 4 members (excludes halogenated alkanes) is 39. The minimum Gasteiger partial charge on any atom is -0.466 e. The molecule has 2 unspecified atom stereocenters. The molecule has 0 aliphatic rings. The molecule has 0 aromatic heterocycles. The molecule has 3 N–H and O–H groups in total. The van der Waals surface area contributed by atoms with Crippen molar-refractivity contribution in [2.45, 2.75) is 321 Å². The van der Waals surface area contributed by atoms with Crippen LogP contribution in [0.25, 0.3) is 0 Å². The number of aliphatic hydroxyl groups is 2. The fourth-order valence-electron chi connectivity index (χ4n) is 8.75. The van der Waals surface area contributed by atoms with Gasteiger partial charge in [-0.3, -0.25) is 9.59 Å². The normalized spacial score (nSPS) is 12.6. The van der Waals surface area contributed by atoms with Gasteiger partial charge in [-0.15, -0.1) is 0 Å². The Morgan fingerprint density at radius 3 is 1.15 bits per heavy atom. The number of rotatable bonds is 52. The van der Waals surface area contributed by atoms with Gasteiger partial charge in [0, 0.05) is 12.8 Å². The Balaban J connectivity index is 3.47. The first-order valence-corrected chi connectivity index (χ1v) is 27.9. The van der Waals surface area contributed by atoms with Crippen LogP contribution in [-0.4, -0.2) is 47.4 Å². The zero-order chi connectivity index (χ0) is 45.1. The number of hydrogen-bond acceptors (Lipinski definition) is 5. The van der Waals surface area contributed by atoms with Crippen LogP contribution in [0.3, 0.4) is 0 Å². The average Bonchev–Trinajstić information content (AvgIpc) is 3.27. The zero-order valence-corrected chi connectivity index (χ0v) is 41.9. The molecule has 6 heteroatoms. The molecule has 62 heavy (non-hydrogen) atoms. The summed E-state index contributed by atoms with van der Waals surface area (Å²) in [5.41, 5.74) is 0. The fourth-order valence-corrected chi connectivity index (χ4v) is 8.75. The van der Waals surface area contributed by atoms with E-state index in [0.29, 0.717) is 25.9 Å². The van der Waals surface area contributed by atoms with Crippen molar-refractivity contribution in [1.82, 2.24) is 5.32 Å². The maximum atomic E-state index is 12.5. The van der Waals surface area contributed by atoms with Crippen LogP contribution in [0, 0.1) is 0 Å². The highest BCUT2D eigenvalue weighted by Crippen LogP contribution is 2.17. The minimum absolute atomic E-state index is 0.00976. The summed E-state index contributed by atoms with van der Waals surface area (Å²) >= 11 is 0. The molecule has 2 atom stereocenters. The van der Waals surface area contributed by atoms with Crippen LogP contribution >= 0.6 is 0 Å². The minimum atomic E-state index is -0.674. The van der Waals surface area contributed by atoms with Gasteiger partial charge in [-0.25, -0.2) is 0 Å². The molecule has 368 valence electrons. The highest BCUT2D eigenvalue weighted by molar-refractivity contribution is 5.76. The molecule has 0 aromatic rings. The molecule has 0 heterocycles. The van der Waals surface area contributed by atoms with Gasteiger partial charge in [-0.2, -0.15) is 0 Å². The van der Waals surface area contributed by atoms with Gasteiger partial charge in [-0.05, 0) is 51.4 Å². The first-order chi connectivity index (χ1) is 30.5. The Kier molecular flexibility index (Phi) is 51.0. The fraction of sp³-hybridized carbons (Fsp3) is 0.929. The lowest BCUT2D eigenvalue weighted by Crippen LogP contribution is -2.45. The maximum absolute atomic E-state index is 12.5. The van der Waals surface area contributed by atoms with Gasteiger partial charge in [0.05, 0.1) is 25.4 Å². The molecule has 1 amide bonds. The topological polar surface area (TPSA) is 95.9 Å². The lowest BCUT2D eigenvalue weighted by Gasteiger charge is -2.22. The molecular weight excluding hydrogens is 767 g/mol. The van der Waals surface area contributed by atoms with Crippen molar-refractivity contribution < 1.29 is 24.5 Å². The molecule has 0 radical (unpaired) electrons. The second-order valence-corrected chi connectivity index (χ2v) is 19.3. The average molecular weight is 876 g/mol. The molecule has 0 fully saturated rings. The van der Waals surface area contributed by atoms with E-state index in [1.807, 2.05) is 0 Å². The van der Waals surface area contributed by atoms with Crippen LogP contribution < -0.4 is 5.32 Å². The number of aliphatic hydroxyl groups excluding tert-OH is 2. The molecule has 0 aliphatic carbocycles. The molecule has 6 nitrogen and oxygen atoms in total. The Hall–Kier alpha value is -1.40. The number of ether oxygens (including phenoxy) is 1. The predicted octanol–water partition coefficient (Wildman–Crippen LogP) is 16.9. The lowest BCUT2D eigenvalue weighted by atomic mass is 10.0. The maximum Gasteiger partial charge on any atom is 0.305 e. The molecule has 0 aliphatic heterocycles. The summed E-state index contributed by atoms with van der Waals surface area (Å²) in [5.74, 6) is -0.0572. The summed E-state index contributed by atoms with van der Waals surface area (Å²) in [5, 5.41) is 23.3. The number of allylic oxidation sites excluding steroid dienone is 2. The van der Waals surface area contributed by atoms with Crippen molar-refractivity contribution in [2.75, 3.05) is 13.2 Å². The van der Waals surface area contributed by atoms with Crippen molar-refractivity contribution in [3.63, 3.8) is 0 Å². The Morgan fingerprint density at radius 1 is 0.435 bits per heavy atom. The van der Waals surface area contributed by atoms with Gasteiger partial charge in [0.15, 0.2) is 0 Å². The molecule has 0 rings (SSSR count). The third kappa shape index (κ3) is 48.1. The van der Waals surface area contributed by atoms with Crippen molar-refractivity contribution in [3.8, 4) is 0 Å². The monoisotopic (exact) mass is 876 g/mol.